The van der Waals surface area contributed by atoms with Crippen molar-refractivity contribution in [3.8, 4) is 0 Å². The van der Waals surface area contributed by atoms with Crippen LogP contribution >= 0.6 is 0 Å². The van der Waals surface area contributed by atoms with Gasteiger partial charge >= 0.3 is 0 Å². The third-order valence-corrected chi connectivity index (χ3v) is 8.24. The van der Waals surface area contributed by atoms with Gasteiger partial charge in [-0.1, -0.05) is 118 Å². The molecule has 0 atom stereocenters. The first-order chi connectivity index (χ1) is 16.0. The SMILES string of the molecule is Cc1c(C)c(C)[c-](C)c1C.Cc1c(C)c(C)[c-](C)c1C.[Ni].[Ni].c1ccc2cc3ccccc3cc2c1. The van der Waals surface area contributed by atoms with Gasteiger partial charge < -0.3 is 0 Å². The average Bonchev–Trinajstić information content (AvgIpc) is 3.13. The molecule has 0 aliphatic rings. The molecule has 0 heterocycles. The van der Waals surface area contributed by atoms with Crippen molar-refractivity contribution in [2.45, 2.75) is 69.2 Å². The molecule has 5 aromatic carbocycles. The van der Waals surface area contributed by atoms with Crippen molar-refractivity contribution in [3.63, 3.8) is 0 Å². The Kier molecular flexibility index (Phi) is 11.9. The van der Waals surface area contributed by atoms with Crippen LogP contribution in [0.1, 0.15) is 55.6 Å². The van der Waals surface area contributed by atoms with Crippen LogP contribution in [0.5, 0.6) is 0 Å². The van der Waals surface area contributed by atoms with E-state index in [1.165, 1.54) is 77.2 Å². The Morgan fingerprint density at radius 3 is 0.722 bits per heavy atom. The maximum absolute atomic E-state index is 2.24. The van der Waals surface area contributed by atoms with E-state index in [1.54, 1.807) is 0 Å². The van der Waals surface area contributed by atoms with Gasteiger partial charge in [-0.05, 0) is 33.7 Å². The minimum Gasteiger partial charge on any atom is -0.196 e. The first-order valence-electron chi connectivity index (χ1n) is 12.3. The summed E-state index contributed by atoms with van der Waals surface area (Å²) in [5, 5.41) is 5.25. The van der Waals surface area contributed by atoms with E-state index < -0.39 is 0 Å². The zero-order chi connectivity index (χ0) is 25.2. The van der Waals surface area contributed by atoms with Crippen LogP contribution in [-0.2, 0) is 33.0 Å². The largest absolute Gasteiger partial charge is 0.196 e. The van der Waals surface area contributed by atoms with E-state index in [1.807, 2.05) is 0 Å². The Balaban J connectivity index is 0.000000269. The van der Waals surface area contributed by atoms with E-state index in [-0.39, 0.29) is 33.0 Å². The molecule has 0 saturated carbocycles. The minimum absolute atomic E-state index is 0. The zero-order valence-corrected chi connectivity index (χ0v) is 25.4. The molecular formula is C34H40Ni2-2. The minimum atomic E-state index is 0. The Morgan fingerprint density at radius 2 is 0.583 bits per heavy atom. The molecule has 0 aromatic heterocycles. The quantitative estimate of drug-likeness (QED) is 0.0995. The van der Waals surface area contributed by atoms with Crippen LogP contribution in [0.3, 0.4) is 0 Å². The molecule has 0 aliphatic carbocycles. The van der Waals surface area contributed by atoms with Crippen molar-refractivity contribution in [2.24, 2.45) is 0 Å². The van der Waals surface area contributed by atoms with Crippen molar-refractivity contribution < 1.29 is 33.0 Å². The second-order valence-corrected chi connectivity index (χ2v) is 9.80. The van der Waals surface area contributed by atoms with Crippen molar-refractivity contribution in [1.29, 1.82) is 0 Å². The molecule has 0 nitrogen and oxygen atoms in total. The second-order valence-electron chi connectivity index (χ2n) is 9.80. The van der Waals surface area contributed by atoms with E-state index in [9.17, 15) is 0 Å². The Morgan fingerprint density at radius 1 is 0.389 bits per heavy atom. The summed E-state index contributed by atoms with van der Waals surface area (Å²) in [5.74, 6) is 0. The number of fused-ring (bicyclic) bond motifs is 2. The van der Waals surface area contributed by atoms with E-state index in [0.29, 0.717) is 0 Å². The molecule has 0 unspecified atom stereocenters. The predicted molar refractivity (Wildman–Crippen MR) is 153 cm³/mol. The van der Waals surface area contributed by atoms with Crippen LogP contribution < -0.4 is 0 Å². The fraction of sp³-hybridized carbons (Fsp3) is 0.294. The molecule has 36 heavy (non-hydrogen) atoms. The molecule has 0 saturated heterocycles. The first kappa shape index (κ1) is 31.9. The molecule has 0 radical (unpaired) electrons. The van der Waals surface area contributed by atoms with Crippen LogP contribution in [0.15, 0.2) is 60.7 Å². The van der Waals surface area contributed by atoms with Crippen molar-refractivity contribution in [3.05, 3.63) is 116 Å². The topological polar surface area (TPSA) is 0 Å². The van der Waals surface area contributed by atoms with Gasteiger partial charge in [0.25, 0.3) is 0 Å². The molecule has 0 bridgehead atoms. The summed E-state index contributed by atoms with van der Waals surface area (Å²) in [5.41, 5.74) is 14.7. The number of rotatable bonds is 0. The van der Waals surface area contributed by atoms with Crippen molar-refractivity contribution >= 4 is 21.5 Å². The molecule has 5 aromatic rings. The van der Waals surface area contributed by atoms with E-state index in [0.717, 1.165) is 0 Å². The Bertz CT molecular complexity index is 1120. The summed E-state index contributed by atoms with van der Waals surface area (Å²) >= 11 is 0. The zero-order valence-electron chi connectivity index (χ0n) is 23.4. The molecule has 2 heteroatoms. The van der Waals surface area contributed by atoms with Gasteiger partial charge in [0.15, 0.2) is 0 Å². The molecule has 0 N–H and O–H groups in total. The Hall–Kier alpha value is -2.13. The standard InChI is InChI=1S/C14H10.2C10H15.2Ni/c1-2-6-12-10-14-8-4-3-7-13(14)9-11(12)5-1;2*1-6-7(2)9(4)10(5)8(6)3;;/h1-10H;2*1-5H3;;/q;2*-1;;. The van der Waals surface area contributed by atoms with Crippen molar-refractivity contribution in [1.82, 2.24) is 0 Å². The maximum Gasteiger partial charge on any atom is 0 e. The first-order valence-corrected chi connectivity index (χ1v) is 12.3. The smallest absolute Gasteiger partial charge is 0 e. The summed E-state index contributed by atoms with van der Waals surface area (Å²) in [4.78, 5) is 0. The van der Waals surface area contributed by atoms with Crippen LogP contribution in [0, 0.1) is 69.2 Å². The van der Waals surface area contributed by atoms with Crippen molar-refractivity contribution in [2.75, 3.05) is 0 Å². The van der Waals surface area contributed by atoms with Gasteiger partial charge in [-0.25, -0.2) is 0 Å². The second kappa shape index (κ2) is 13.4. The molecule has 198 valence electrons. The third-order valence-electron chi connectivity index (χ3n) is 8.24. The number of hydrogen-bond donors (Lipinski definition) is 0. The van der Waals surface area contributed by atoms with E-state index in [4.69, 9.17) is 0 Å². The summed E-state index contributed by atoms with van der Waals surface area (Å²) < 4.78 is 0. The predicted octanol–water partition coefficient (Wildman–Crippen LogP) is 9.88. The Labute approximate surface area is 239 Å². The summed E-state index contributed by atoms with van der Waals surface area (Å²) in [6.45, 7) is 22.0. The summed E-state index contributed by atoms with van der Waals surface area (Å²) in [6, 6.07) is 21.4. The van der Waals surface area contributed by atoms with Crippen LogP contribution in [0.2, 0.25) is 0 Å². The molecule has 0 aliphatic heterocycles. The fourth-order valence-electron chi connectivity index (χ4n) is 4.70. The normalized spacial score (nSPS) is 10.1. The summed E-state index contributed by atoms with van der Waals surface area (Å²) in [7, 11) is 0. The van der Waals surface area contributed by atoms with Gasteiger partial charge in [0.05, 0.1) is 0 Å². The van der Waals surface area contributed by atoms with Gasteiger partial charge in [0, 0.05) is 33.0 Å². The molecule has 0 amide bonds. The molecular weight excluding hydrogens is 526 g/mol. The van der Waals surface area contributed by atoms with Gasteiger partial charge in [-0.15, -0.1) is 0 Å². The van der Waals surface area contributed by atoms with Gasteiger partial charge in [0.2, 0.25) is 0 Å². The van der Waals surface area contributed by atoms with Gasteiger partial charge in [0.1, 0.15) is 0 Å². The van der Waals surface area contributed by atoms with E-state index in [2.05, 4.69) is 130 Å². The van der Waals surface area contributed by atoms with Gasteiger partial charge in [-0.3, -0.25) is 0 Å². The summed E-state index contributed by atoms with van der Waals surface area (Å²) in [6.07, 6.45) is 0. The molecule has 0 fully saturated rings. The van der Waals surface area contributed by atoms with Crippen LogP contribution in [-0.4, -0.2) is 0 Å². The van der Waals surface area contributed by atoms with Gasteiger partial charge in [-0.2, -0.15) is 55.6 Å². The molecule has 0 spiro atoms. The number of benzene rings is 3. The monoisotopic (exact) mass is 564 g/mol. The van der Waals surface area contributed by atoms with Crippen LogP contribution in [0.25, 0.3) is 21.5 Å². The van der Waals surface area contributed by atoms with E-state index >= 15 is 0 Å². The van der Waals surface area contributed by atoms with Crippen LogP contribution in [0.4, 0.5) is 0 Å². The molecule has 5 rings (SSSR count). The number of hydrogen-bond acceptors (Lipinski definition) is 0. The average molecular weight is 566 g/mol. The third kappa shape index (κ3) is 6.59. The fourth-order valence-corrected chi connectivity index (χ4v) is 4.70. The maximum atomic E-state index is 2.24.